The third kappa shape index (κ3) is 4.90. The Morgan fingerprint density at radius 3 is 2.00 bits per heavy atom. The molecule has 0 aromatic heterocycles. The molecule has 0 aliphatic carbocycles. The number of aliphatic hydroxyl groups is 1. The van der Waals surface area contributed by atoms with Crippen molar-refractivity contribution in [1.82, 2.24) is 9.80 Å². The number of hydrogen-bond donors (Lipinski definition) is 1. The Morgan fingerprint density at radius 2 is 1.48 bits per heavy atom. The lowest BCUT2D eigenvalue weighted by Crippen LogP contribution is -2.39. The van der Waals surface area contributed by atoms with Crippen LogP contribution in [-0.4, -0.2) is 50.5 Å². The summed E-state index contributed by atoms with van der Waals surface area (Å²) in [5.74, 6) is 0.995. The summed E-state index contributed by atoms with van der Waals surface area (Å²) in [5, 5.41) is 10.9. The number of ketones is 1. The molecule has 1 aliphatic rings. The number of thioether (sulfide) groups is 1. The van der Waals surface area contributed by atoms with E-state index < -0.39 is 6.23 Å². The first kappa shape index (κ1) is 19.5. The van der Waals surface area contributed by atoms with Gasteiger partial charge in [0.25, 0.3) is 0 Å². The average Bonchev–Trinajstić information content (AvgIpc) is 2.88. The molecule has 2 unspecified atom stereocenters. The Hall–Kier alpha value is -2.31. The van der Waals surface area contributed by atoms with Crippen LogP contribution in [0.1, 0.15) is 18.1 Å². The van der Waals surface area contributed by atoms with Crippen LogP contribution in [0.3, 0.4) is 0 Å². The highest BCUT2D eigenvalue weighted by Crippen LogP contribution is 2.28. The third-order valence-corrected chi connectivity index (χ3v) is 5.73. The van der Waals surface area contributed by atoms with Crippen LogP contribution >= 0.6 is 11.8 Å². The van der Waals surface area contributed by atoms with E-state index in [0.717, 1.165) is 11.1 Å². The second kappa shape index (κ2) is 9.06. The molecule has 6 heteroatoms. The first-order chi connectivity index (χ1) is 13.1. The fourth-order valence-corrected chi connectivity index (χ4v) is 4.19. The van der Waals surface area contributed by atoms with Crippen molar-refractivity contribution >= 4 is 23.6 Å². The Bertz CT molecular complexity index is 770. The molecule has 27 heavy (non-hydrogen) atoms. The summed E-state index contributed by atoms with van der Waals surface area (Å²) in [4.78, 5) is 27.5. The molecule has 2 atom stereocenters. The average molecular weight is 385 g/mol. The van der Waals surface area contributed by atoms with Crippen molar-refractivity contribution in [2.45, 2.75) is 32.3 Å². The molecule has 1 heterocycles. The highest BCUT2D eigenvalue weighted by molar-refractivity contribution is 8.00. The molecule has 142 valence electrons. The first-order valence-corrected chi connectivity index (χ1v) is 10.1. The zero-order valence-corrected chi connectivity index (χ0v) is 16.1. The highest BCUT2D eigenvalue weighted by atomic mass is 32.2. The number of Topliss-reactive ketones (excluding diaryl/α,β-unsaturated/α-hetero) is 1. The standard InChI is InChI=1S/C21H24N2O3S/c1-16(24)14-27-15-19-20(25)23(13-18-10-6-3-7-11-18)21(26)22(19)12-17-8-4-2-5-9-17/h2-11,19-20,25H,12-15H2,1H3. The van der Waals surface area contributed by atoms with Gasteiger partial charge in [0, 0.05) is 12.3 Å². The Balaban J connectivity index is 1.78. The number of nitrogens with zero attached hydrogens (tertiary/aromatic N) is 2. The van der Waals surface area contributed by atoms with Crippen molar-refractivity contribution in [1.29, 1.82) is 0 Å². The normalized spacial score (nSPS) is 19.6. The van der Waals surface area contributed by atoms with Gasteiger partial charge < -0.3 is 10.0 Å². The fraction of sp³-hybridized carbons (Fsp3) is 0.333. The van der Waals surface area contributed by atoms with E-state index in [4.69, 9.17) is 0 Å². The van der Waals surface area contributed by atoms with Crippen LogP contribution in [0.4, 0.5) is 4.79 Å². The fourth-order valence-electron chi connectivity index (χ4n) is 3.19. The molecule has 1 N–H and O–H groups in total. The van der Waals surface area contributed by atoms with Crippen LogP contribution in [0, 0.1) is 0 Å². The van der Waals surface area contributed by atoms with Crippen molar-refractivity contribution in [3.05, 3.63) is 71.8 Å². The minimum atomic E-state index is -0.902. The lowest BCUT2D eigenvalue weighted by atomic mass is 10.2. The van der Waals surface area contributed by atoms with Gasteiger partial charge in [0.15, 0.2) is 6.23 Å². The Morgan fingerprint density at radius 1 is 0.963 bits per heavy atom. The van der Waals surface area contributed by atoms with Crippen LogP contribution in [0.25, 0.3) is 0 Å². The van der Waals surface area contributed by atoms with Gasteiger partial charge in [-0.15, -0.1) is 0 Å². The molecule has 1 fully saturated rings. The van der Waals surface area contributed by atoms with Gasteiger partial charge in [-0.1, -0.05) is 60.7 Å². The number of carbonyl (C=O) groups excluding carboxylic acids is 2. The molecule has 1 aliphatic heterocycles. The van der Waals surface area contributed by atoms with Crippen LogP contribution < -0.4 is 0 Å². The smallest absolute Gasteiger partial charge is 0.323 e. The van der Waals surface area contributed by atoms with Crippen molar-refractivity contribution in [2.75, 3.05) is 11.5 Å². The summed E-state index contributed by atoms with van der Waals surface area (Å²) >= 11 is 1.46. The molecule has 2 aromatic rings. The largest absolute Gasteiger partial charge is 0.371 e. The second-order valence-electron chi connectivity index (χ2n) is 6.71. The van der Waals surface area contributed by atoms with Crippen molar-refractivity contribution < 1.29 is 14.7 Å². The van der Waals surface area contributed by atoms with Gasteiger partial charge in [0.05, 0.1) is 18.3 Å². The van der Waals surface area contributed by atoms with Crippen LogP contribution in [0.5, 0.6) is 0 Å². The molecule has 0 saturated carbocycles. The molecule has 0 spiro atoms. The van der Waals surface area contributed by atoms with E-state index in [2.05, 4.69) is 0 Å². The van der Waals surface area contributed by atoms with E-state index in [-0.39, 0.29) is 17.9 Å². The number of carbonyl (C=O) groups is 2. The maximum atomic E-state index is 13.0. The maximum Gasteiger partial charge on any atom is 0.323 e. The monoisotopic (exact) mass is 384 g/mol. The number of amides is 2. The SMILES string of the molecule is CC(=O)CSCC1C(O)N(Cc2ccccc2)C(=O)N1Cc1ccccc1. The first-order valence-electron chi connectivity index (χ1n) is 8.96. The molecular formula is C21H24N2O3S. The van der Waals surface area contributed by atoms with Gasteiger partial charge in [-0.05, 0) is 18.1 Å². The number of aliphatic hydroxyl groups excluding tert-OH is 1. The van der Waals surface area contributed by atoms with E-state index in [9.17, 15) is 14.7 Å². The molecule has 2 aromatic carbocycles. The molecule has 0 bridgehead atoms. The van der Waals surface area contributed by atoms with Gasteiger partial charge in [-0.25, -0.2) is 4.79 Å². The molecule has 3 rings (SSSR count). The number of hydrogen-bond acceptors (Lipinski definition) is 4. The zero-order chi connectivity index (χ0) is 19.2. The van der Waals surface area contributed by atoms with Crippen molar-refractivity contribution in [3.8, 4) is 0 Å². The van der Waals surface area contributed by atoms with E-state index >= 15 is 0 Å². The topological polar surface area (TPSA) is 60.9 Å². The van der Waals surface area contributed by atoms with Crippen molar-refractivity contribution in [3.63, 3.8) is 0 Å². The minimum absolute atomic E-state index is 0.0922. The van der Waals surface area contributed by atoms with E-state index in [1.54, 1.807) is 11.8 Å². The third-order valence-electron chi connectivity index (χ3n) is 4.54. The number of urea groups is 1. The van der Waals surface area contributed by atoms with Gasteiger partial charge >= 0.3 is 6.03 Å². The van der Waals surface area contributed by atoms with Crippen molar-refractivity contribution in [2.24, 2.45) is 0 Å². The molecule has 1 saturated heterocycles. The molecular weight excluding hydrogens is 360 g/mol. The quantitative estimate of drug-likeness (QED) is 0.760. The summed E-state index contributed by atoms with van der Waals surface area (Å²) in [6, 6.07) is 18.9. The van der Waals surface area contributed by atoms with E-state index in [1.165, 1.54) is 16.7 Å². The van der Waals surface area contributed by atoms with Gasteiger partial charge in [0.1, 0.15) is 5.78 Å². The maximum absolute atomic E-state index is 13.0. The number of rotatable bonds is 8. The summed E-state index contributed by atoms with van der Waals surface area (Å²) < 4.78 is 0. The molecule has 2 amide bonds. The van der Waals surface area contributed by atoms with E-state index in [0.29, 0.717) is 24.6 Å². The highest BCUT2D eigenvalue weighted by Gasteiger charge is 2.44. The summed E-state index contributed by atoms with van der Waals surface area (Å²) in [7, 11) is 0. The van der Waals surface area contributed by atoms with Gasteiger partial charge in [-0.2, -0.15) is 11.8 Å². The molecule has 0 radical (unpaired) electrons. The Kier molecular flexibility index (Phi) is 6.53. The summed E-state index contributed by atoms with van der Waals surface area (Å²) in [6.07, 6.45) is -0.902. The van der Waals surface area contributed by atoms with Crippen LogP contribution in [0.15, 0.2) is 60.7 Å². The lowest BCUT2D eigenvalue weighted by Gasteiger charge is -2.24. The van der Waals surface area contributed by atoms with Crippen LogP contribution in [0.2, 0.25) is 0 Å². The summed E-state index contributed by atoms with van der Waals surface area (Å²) in [5.41, 5.74) is 1.99. The zero-order valence-electron chi connectivity index (χ0n) is 15.3. The van der Waals surface area contributed by atoms with Crippen LogP contribution in [-0.2, 0) is 17.9 Å². The van der Waals surface area contributed by atoms with E-state index in [1.807, 2.05) is 60.7 Å². The predicted molar refractivity (Wildman–Crippen MR) is 107 cm³/mol. The summed E-state index contributed by atoms with van der Waals surface area (Å²) in [6.45, 7) is 2.35. The van der Waals surface area contributed by atoms with Gasteiger partial charge in [-0.3, -0.25) is 9.69 Å². The predicted octanol–water partition coefficient (Wildman–Crippen LogP) is 3.13. The Labute approximate surface area is 164 Å². The lowest BCUT2D eigenvalue weighted by molar-refractivity contribution is -0.114. The number of benzene rings is 2. The molecule has 5 nitrogen and oxygen atoms in total. The second-order valence-corrected chi connectivity index (χ2v) is 7.74. The minimum Gasteiger partial charge on any atom is -0.371 e. The van der Waals surface area contributed by atoms with Gasteiger partial charge in [0.2, 0.25) is 0 Å².